The molecule has 0 bridgehead atoms. The van der Waals surface area contributed by atoms with Crippen molar-refractivity contribution >= 4 is 5.97 Å². The first kappa shape index (κ1) is 20.0. The van der Waals surface area contributed by atoms with Crippen molar-refractivity contribution in [3.05, 3.63) is 35.4 Å². The standard InChI is InChI=1S/C22H35NO2/c1-5-8-17(11-22(24)25)14-23-16(4)20-10-7-9-19(12-20)15(3)21-13-18(21)6-2/h7,9-10,12,15-18,21,23H,5-6,8,11,13-14H2,1-4H3,(H,24,25). The zero-order valence-electron chi connectivity index (χ0n) is 16.3. The van der Waals surface area contributed by atoms with Gasteiger partial charge < -0.3 is 10.4 Å². The zero-order valence-corrected chi connectivity index (χ0v) is 16.3. The molecule has 25 heavy (non-hydrogen) atoms. The molecule has 140 valence electrons. The van der Waals surface area contributed by atoms with E-state index in [1.807, 2.05) is 0 Å². The van der Waals surface area contributed by atoms with Gasteiger partial charge in [0.2, 0.25) is 0 Å². The van der Waals surface area contributed by atoms with Crippen LogP contribution in [0.15, 0.2) is 24.3 Å². The molecule has 0 aliphatic heterocycles. The summed E-state index contributed by atoms with van der Waals surface area (Å²) in [5, 5.41) is 12.6. The summed E-state index contributed by atoms with van der Waals surface area (Å²) in [5.41, 5.74) is 2.76. The highest BCUT2D eigenvalue weighted by Gasteiger charge is 2.39. The monoisotopic (exact) mass is 345 g/mol. The van der Waals surface area contributed by atoms with Crippen molar-refractivity contribution in [3.63, 3.8) is 0 Å². The summed E-state index contributed by atoms with van der Waals surface area (Å²) in [6.45, 7) is 9.72. The van der Waals surface area contributed by atoms with Crippen molar-refractivity contribution in [1.29, 1.82) is 0 Å². The van der Waals surface area contributed by atoms with E-state index >= 15 is 0 Å². The quantitative estimate of drug-likeness (QED) is 0.566. The number of benzene rings is 1. The van der Waals surface area contributed by atoms with Gasteiger partial charge in [0, 0.05) is 12.5 Å². The first-order valence-electron chi connectivity index (χ1n) is 10.0. The highest BCUT2D eigenvalue weighted by molar-refractivity contribution is 5.67. The number of aliphatic carboxylic acids is 1. The van der Waals surface area contributed by atoms with Crippen LogP contribution in [-0.4, -0.2) is 17.6 Å². The highest BCUT2D eigenvalue weighted by atomic mass is 16.4. The molecule has 1 aromatic carbocycles. The van der Waals surface area contributed by atoms with E-state index in [9.17, 15) is 4.79 Å². The summed E-state index contributed by atoms with van der Waals surface area (Å²) >= 11 is 0. The summed E-state index contributed by atoms with van der Waals surface area (Å²) in [6, 6.07) is 9.21. The summed E-state index contributed by atoms with van der Waals surface area (Å²) in [6.07, 6.45) is 4.92. The number of rotatable bonds is 11. The number of hydrogen-bond donors (Lipinski definition) is 2. The molecule has 3 nitrogen and oxygen atoms in total. The fourth-order valence-corrected chi connectivity index (χ4v) is 4.10. The first-order valence-corrected chi connectivity index (χ1v) is 10.0. The predicted molar refractivity (Wildman–Crippen MR) is 104 cm³/mol. The van der Waals surface area contributed by atoms with Crippen LogP contribution in [0.3, 0.4) is 0 Å². The van der Waals surface area contributed by atoms with Crippen LogP contribution in [0, 0.1) is 17.8 Å². The Hall–Kier alpha value is -1.35. The van der Waals surface area contributed by atoms with Crippen LogP contribution in [0.2, 0.25) is 0 Å². The van der Waals surface area contributed by atoms with Crippen LogP contribution in [0.1, 0.15) is 82.9 Å². The van der Waals surface area contributed by atoms with Gasteiger partial charge in [-0.05, 0) is 61.1 Å². The third-order valence-corrected chi connectivity index (χ3v) is 5.95. The molecule has 1 aliphatic rings. The second kappa shape index (κ2) is 9.38. The van der Waals surface area contributed by atoms with Gasteiger partial charge in [-0.2, -0.15) is 0 Å². The van der Waals surface area contributed by atoms with Gasteiger partial charge in [0.05, 0.1) is 0 Å². The fraction of sp³-hybridized carbons (Fsp3) is 0.682. The lowest BCUT2D eigenvalue weighted by atomic mass is 9.92. The van der Waals surface area contributed by atoms with E-state index in [0.717, 1.165) is 31.2 Å². The van der Waals surface area contributed by atoms with E-state index < -0.39 is 5.97 Å². The molecule has 0 amide bonds. The highest BCUT2D eigenvalue weighted by Crippen LogP contribution is 2.50. The Morgan fingerprint density at radius 3 is 2.60 bits per heavy atom. The molecule has 1 aromatic rings. The third-order valence-electron chi connectivity index (χ3n) is 5.95. The van der Waals surface area contributed by atoms with Crippen molar-refractivity contribution < 1.29 is 9.90 Å². The minimum absolute atomic E-state index is 0.212. The second-order valence-corrected chi connectivity index (χ2v) is 7.91. The number of nitrogens with one attached hydrogen (secondary N) is 1. The molecule has 1 fully saturated rings. The molecule has 3 heteroatoms. The summed E-state index contributed by atoms with van der Waals surface area (Å²) in [5.74, 6) is 1.92. The summed E-state index contributed by atoms with van der Waals surface area (Å²) in [4.78, 5) is 11.0. The van der Waals surface area contributed by atoms with Gasteiger partial charge in [0.25, 0.3) is 0 Å². The van der Waals surface area contributed by atoms with Crippen molar-refractivity contribution in [3.8, 4) is 0 Å². The van der Waals surface area contributed by atoms with Gasteiger partial charge in [-0.15, -0.1) is 0 Å². The van der Waals surface area contributed by atoms with Gasteiger partial charge in [-0.3, -0.25) is 4.79 Å². The number of hydrogen-bond acceptors (Lipinski definition) is 2. The third kappa shape index (κ3) is 5.85. The number of carboxylic acids is 1. The van der Waals surface area contributed by atoms with Crippen LogP contribution >= 0.6 is 0 Å². The van der Waals surface area contributed by atoms with Crippen LogP contribution in [0.4, 0.5) is 0 Å². The number of carboxylic acid groups (broad SMARTS) is 1. The molecule has 0 aromatic heterocycles. The molecule has 0 radical (unpaired) electrons. The van der Waals surface area contributed by atoms with Crippen LogP contribution in [0.25, 0.3) is 0 Å². The molecule has 1 saturated carbocycles. The topological polar surface area (TPSA) is 49.3 Å². The molecule has 2 rings (SSSR count). The molecule has 5 unspecified atom stereocenters. The fourth-order valence-electron chi connectivity index (χ4n) is 4.10. The van der Waals surface area contributed by atoms with Crippen molar-refractivity contribution in [2.24, 2.45) is 17.8 Å². The normalized spacial score (nSPS) is 23.0. The zero-order chi connectivity index (χ0) is 18.4. The minimum atomic E-state index is -0.696. The maximum absolute atomic E-state index is 11.0. The lowest BCUT2D eigenvalue weighted by Crippen LogP contribution is -2.27. The molecular formula is C22H35NO2. The maximum Gasteiger partial charge on any atom is 0.303 e. The first-order chi connectivity index (χ1) is 12.0. The molecule has 0 heterocycles. The van der Waals surface area contributed by atoms with Gasteiger partial charge in [-0.1, -0.05) is 57.9 Å². The Morgan fingerprint density at radius 2 is 2.00 bits per heavy atom. The van der Waals surface area contributed by atoms with Gasteiger partial charge >= 0.3 is 5.97 Å². The van der Waals surface area contributed by atoms with E-state index in [2.05, 4.69) is 57.3 Å². The Labute approximate surface area is 153 Å². The molecular weight excluding hydrogens is 310 g/mol. The van der Waals surface area contributed by atoms with Crippen LogP contribution < -0.4 is 5.32 Å². The predicted octanol–water partition coefficient (Wildman–Crippen LogP) is 5.38. The number of carbonyl (C=O) groups is 1. The molecule has 5 atom stereocenters. The van der Waals surface area contributed by atoms with Crippen LogP contribution in [-0.2, 0) is 4.79 Å². The smallest absolute Gasteiger partial charge is 0.303 e. The minimum Gasteiger partial charge on any atom is -0.481 e. The summed E-state index contributed by atoms with van der Waals surface area (Å²) in [7, 11) is 0. The van der Waals surface area contributed by atoms with Gasteiger partial charge in [0.15, 0.2) is 0 Å². The lowest BCUT2D eigenvalue weighted by Gasteiger charge is -2.21. The Kier molecular flexibility index (Phi) is 7.49. The van der Waals surface area contributed by atoms with Crippen LogP contribution in [0.5, 0.6) is 0 Å². The lowest BCUT2D eigenvalue weighted by molar-refractivity contribution is -0.138. The average Bonchev–Trinajstić information content (AvgIpc) is 3.38. The maximum atomic E-state index is 11.0. The Balaban J connectivity index is 1.93. The van der Waals surface area contributed by atoms with Gasteiger partial charge in [-0.25, -0.2) is 0 Å². The van der Waals surface area contributed by atoms with E-state index in [1.165, 1.54) is 24.0 Å². The van der Waals surface area contributed by atoms with E-state index in [-0.39, 0.29) is 18.4 Å². The van der Waals surface area contributed by atoms with E-state index in [0.29, 0.717) is 5.92 Å². The molecule has 1 aliphatic carbocycles. The molecule has 2 N–H and O–H groups in total. The Morgan fingerprint density at radius 1 is 1.28 bits per heavy atom. The largest absolute Gasteiger partial charge is 0.481 e. The van der Waals surface area contributed by atoms with Crippen molar-refractivity contribution in [2.75, 3.05) is 6.54 Å². The van der Waals surface area contributed by atoms with E-state index in [1.54, 1.807) is 0 Å². The van der Waals surface area contributed by atoms with E-state index in [4.69, 9.17) is 5.11 Å². The molecule has 0 spiro atoms. The van der Waals surface area contributed by atoms with Crippen molar-refractivity contribution in [2.45, 2.75) is 71.8 Å². The SMILES string of the molecule is CCCC(CNC(C)c1cccc(C(C)C2CC2CC)c1)CC(=O)O. The van der Waals surface area contributed by atoms with Gasteiger partial charge in [0.1, 0.15) is 0 Å². The molecule has 0 saturated heterocycles. The summed E-state index contributed by atoms with van der Waals surface area (Å²) < 4.78 is 0. The van der Waals surface area contributed by atoms with Crippen molar-refractivity contribution in [1.82, 2.24) is 5.32 Å². The Bertz CT molecular complexity index is 557. The second-order valence-electron chi connectivity index (χ2n) is 7.91. The average molecular weight is 346 g/mol.